The number of carbonyl (C=O) groups is 3. The van der Waals surface area contributed by atoms with Crippen LogP contribution in [0.15, 0.2) is 15.7 Å². The third-order valence-electron chi connectivity index (χ3n) is 3.85. The molecule has 0 aliphatic carbocycles. The number of rotatable bonds is 9. The number of aromatic nitrogens is 5. The Morgan fingerprint density at radius 1 is 1.45 bits per heavy atom. The van der Waals surface area contributed by atoms with Crippen LogP contribution in [0.25, 0.3) is 0 Å². The average molecular weight is 540 g/mol. The highest BCUT2D eigenvalue weighted by Crippen LogP contribution is 2.35. The van der Waals surface area contributed by atoms with Crippen molar-refractivity contribution in [2.45, 2.75) is 16.6 Å². The van der Waals surface area contributed by atoms with Crippen molar-refractivity contribution in [3.8, 4) is 0 Å². The first-order valence-corrected chi connectivity index (χ1v) is 12.2. The maximum absolute atomic E-state index is 12.8. The van der Waals surface area contributed by atoms with Crippen LogP contribution in [0.1, 0.15) is 5.69 Å². The van der Waals surface area contributed by atoms with Crippen molar-refractivity contribution in [1.82, 2.24) is 34.8 Å². The quantitative estimate of drug-likeness (QED) is 0.108. The Morgan fingerprint density at radius 3 is 2.76 bits per heavy atom. The Morgan fingerprint density at radius 2 is 2.18 bits per heavy atom. The lowest BCUT2D eigenvalue weighted by atomic mass is 10.1. The van der Waals surface area contributed by atoms with E-state index in [1.807, 2.05) is 0 Å². The summed E-state index contributed by atoms with van der Waals surface area (Å²) in [6, 6.07) is -1.39. The fraction of sp³-hybridized carbons (Fsp3) is 0.385. The van der Waals surface area contributed by atoms with Gasteiger partial charge in [0.2, 0.25) is 11.1 Å². The van der Waals surface area contributed by atoms with E-state index in [9.17, 15) is 27.4 Å². The second-order valence-corrected chi connectivity index (χ2v) is 9.50. The van der Waals surface area contributed by atoms with Gasteiger partial charge in [-0.2, -0.15) is 12.7 Å². The van der Waals surface area contributed by atoms with Crippen LogP contribution in [-0.4, -0.2) is 90.3 Å². The third-order valence-corrected chi connectivity index (χ3v) is 7.17. The van der Waals surface area contributed by atoms with Gasteiger partial charge in [-0.1, -0.05) is 16.9 Å². The molecular weight excluding hydrogens is 526 g/mol. The van der Waals surface area contributed by atoms with Crippen LogP contribution in [0, 0.1) is 0 Å². The lowest BCUT2D eigenvalue weighted by Gasteiger charge is -2.42. The number of β-lactam (4-membered cyclic amide) rings is 1. The van der Waals surface area contributed by atoms with Crippen molar-refractivity contribution in [3.63, 3.8) is 0 Å². The maximum atomic E-state index is 12.8. The van der Waals surface area contributed by atoms with Crippen LogP contribution in [0.5, 0.6) is 0 Å². The highest BCUT2D eigenvalue weighted by atomic mass is 35.5. The number of amides is 3. The van der Waals surface area contributed by atoms with Gasteiger partial charge in [0.05, 0.1) is 0 Å². The summed E-state index contributed by atoms with van der Waals surface area (Å²) in [7, 11) is -2.28. The van der Waals surface area contributed by atoms with Gasteiger partial charge >= 0.3 is 10.3 Å². The number of tetrazole rings is 1. The van der Waals surface area contributed by atoms with Crippen molar-refractivity contribution in [3.05, 3.63) is 11.1 Å². The fourth-order valence-electron chi connectivity index (χ4n) is 2.46. The number of carbonyl (C=O) groups excluding carboxylic acids is 3. The molecule has 3 rings (SSSR count). The Hall–Kier alpha value is -2.87. The van der Waals surface area contributed by atoms with Crippen molar-refractivity contribution in [2.24, 2.45) is 12.2 Å². The van der Waals surface area contributed by atoms with Gasteiger partial charge in [0.15, 0.2) is 10.8 Å². The molecule has 178 valence electrons. The predicted octanol–water partition coefficient (Wildman–Crippen LogP) is -1.56. The molecule has 16 nitrogen and oxygen atoms in total. The van der Waals surface area contributed by atoms with Gasteiger partial charge in [-0.05, 0) is 10.4 Å². The first-order valence-electron chi connectivity index (χ1n) is 8.50. The number of aryl methyl sites for hydroxylation is 1. The molecule has 20 heteroatoms. The zero-order valence-electron chi connectivity index (χ0n) is 16.6. The number of thioether (sulfide) groups is 1. The minimum Gasteiger partial charge on any atom is -0.398 e. The summed E-state index contributed by atoms with van der Waals surface area (Å²) in [5.41, 5.74) is -0.355. The smallest absolute Gasteiger partial charge is 0.363 e. The summed E-state index contributed by atoms with van der Waals surface area (Å²) in [4.78, 5) is 45.4. The SMILES string of the molecule is CON=C(C(=O)N[C@@H]1C(=O)N(S(=O)(=O)O)[C@@H]1Sc1nnnn1C)c1csc(NC(=O)CCl)n1. The zero-order valence-corrected chi connectivity index (χ0v) is 19.8. The molecule has 0 aromatic carbocycles. The van der Waals surface area contributed by atoms with Crippen molar-refractivity contribution in [1.29, 1.82) is 0 Å². The van der Waals surface area contributed by atoms with Gasteiger partial charge in [0, 0.05) is 12.4 Å². The molecule has 0 saturated carbocycles. The van der Waals surface area contributed by atoms with Gasteiger partial charge in [-0.25, -0.2) is 9.67 Å². The van der Waals surface area contributed by atoms with E-state index in [4.69, 9.17) is 11.6 Å². The predicted molar refractivity (Wildman–Crippen MR) is 114 cm³/mol. The zero-order chi connectivity index (χ0) is 24.3. The fourth-order valence-corrected chi connectivity index (χ4v) is 5.43. The summed E-state index contributed by atoms with van der Waals surface area (Å²) in [6.07, 6.45) is 0. The summed E-state index contributed by atoms with van der Waals surface area (Å²) >= 11 is 7.13. The maximum Gasteiger partial charge on any atom is 0.363 e. The molecule has 0 radical (unpaired) electrons. The second kappa shape index (κ2) is 9.95. The van der Waals surface area contributed by atoms with Crippen LogP contribution in [0.4, 0.5) is 5.13 Å². The number of hydrogen-bond acceptors (Lipinski definition) is 13. The van der Waals surface area contributed by atoms with Gasteiger partial charge < -0.3 is 15.5 Å². The highest BCUT2D eigenvalue weighted by molar-refractivity contribution is 8.00. The molecule has 1 saturated heterocycles. The molecule has 2 atom stereocenters. The van der Waals surface area contributed by atoms with Gasteiger partial charge in [0.25, 0.3) is 11.8 Å². The molecule has 2 aromatic heterocycles. The lowest BCUT2D eigenvalue weighted by Crippen LogP contribution is -2.71. The Labute approximate surface area is 198 Å². The molecule has 0 bridgehead atoms. The van der Waals surface area contributed by atoms with Crippen LogP contribution < -0.4 is 10.6 Å². The number of oxime groups is 1. The first kappa shape index (κ1) is 24.8. The Bertz CT molecular complexity index is 1210. The second-order valence-electron chi connectivity index (χ2n) is 6.00. The normalized spacial score (nSPS) is 18.6. The molecule has 33 heavy (non-hydrogen) atoms. The number of thiazole rings is 1. The molecule has 3 heterocycles. The molecule has 1 fully saturated rings. The number of halogens is 1. The standard InChI is InChI=1S/C13H14ClN9O7S3/c1-22-13(18-20-21-22)32-11-8(10(26)23(11)33(27,28)29)17-9(25)7(19-30-2)5-4-31-12(15-5)16-6(24)3-14/h4,8,11H,3H2,1-2H3,(H,17,25)(H,15,16,24)(H,27,28,29)/t8-,11-/m1/s1. The number of hydrogen-bond donors (Lipinski definition) is 3. The number of anilines is 1. The summed E-state index contributed by atoms with van der Waals surface area (Å²) in [5, 5.41) is 19.4. The number of nitrogens with zero attached hydrogens (tertiary/aromatic N) is 7. The third kappa shape index (κ3) is 5.38. The van der Waals surface area contributed by atoms with Crippen molar-refractivity contribution >= 4 is 73.6 Å². The average Bonchev–Trinajstić information content (AvgIpc) is 3.37. The first-order chi connectivity index (χ1) is 15.6. The molecule has 3 N–H and O–H groups in total. The Kier molecular flexibility index (Phi) is 7.47. The monoisotopic (exact) mass is 539 g/mol. The lowest BCUT2D eigenvalue weighted by molar-refractivity contribution is -0.141. The molecule has 3 amide bonds. The van der Waals surface area contributed by atoms with Crippen LogP contribution in [0.3, 0.4) is 0 Å². The van der Waals surface area contributed by atoms with E-state index in [2.05, 4.69) is 41.1 Å². The molecule has 0 spiro atoms. The van der Waals surface area contributed by atoms with Crippen LogP contribution in [0.2, 0.25) is 0 Å². The minimum atomic E-state index is -4.93. The molecule has 1 aliphatic rings. The van der Waals surface area contributed by atoms with E-state index in [0.29, 0.717) is 0 Å². The summed E-state index contributed by atoms with van der Waals surface area (Å²) < 4.78 is 34.1. The molecule has 2 aromatic rings. The van der Waals surface area contributed by atoms with E-state index < -0.39 is 39.4 Å². The van der Waals surface area contributed by atoms with E-state index in [0.717, 1.165) is 23.1 Å². The van der Waals surface area contributed by atoms with E-state index in [1.165, 1.54) is 24.2 Å². The number of alkyl halides is 1. The van der Waals surface area contributed by atoms with E-state index in [-0.39, 0.29) is 31.9 Å². The van der Waals surface area contributed by atoms with Crippen LogP contribution in [-0.2, 0) is 36.6 Å². The van der Waals surface area contributed by atoms with Crippen LogP contribution >= 0.6 is 34.7 Å². The van der Waals surface area contributed by atoms with E-state index in [1.54, 1.807) is 0 Å². The molecule has 1 aliphatic heterocycles. The number of nitrogens with one attached hydrogen (secondary N) is 2. The summed E-state index contributed by atoms with van der Waals surface area (Å²) in [5.74, 6) is -2.85. The summed E-state index contributed by atoms with van der Waals surface area (Å²) in [6.45, 7) is 0. The Balaban J connectivity index is 1.82. The van der Waals surface area contributed by atoms with Gasteiger partial charge in [-0.15, -0.1) is 28.0 Å². The van der Waals surface area contributed by atoms with Gasteiger partial charge in [0.1, 0.15) is 30.1 Å². The van der Waals surface area contributed by atoms with Crippen molar-refractivity contribution < 1.29 is 32.2 Å². The molecular formula is C13H14ClN9O7S3. The minimum absolute atomic E-state index is 0.00401. The van der Waals surface area contributed by atoms with E-state index >= 15 is 0 Å². The van der Waals surface area contributed by atoms with Crippen molar-refractivity contribution in [2.75, 3.05) is 18.3 Å². The topological polar surface area (TPSA) is 211 Å². The van der Waals surface area contributed by atoms with Gasteiger partial charge in [-0.3, -0.25) is 18.9 Å². The highest BCUT2D eigenvalue weighted by Gasteiger charge is 2.55. The largest absolute Gasteiger partial charge is 0.398 e. The molecule has 0 unspecified atom stereocenters.